The van der Waals surface area contributed by atoms with Gasteiger partial charge in [-0.2, -0.15) is 5.10 Å². The summed E-state index contributed by atoms with van der Waals surface area (Å²) >= 11 is 6.07. The minimum atomic E-state index is 0.634. The first-order valence-electron chi connectivity index (χ1n) is 6.26. The predicted molar refractivity (Wildman–Crippen MR) is 80.1 cm³/mol. The Bertz CT molecular complexity index is 680. The Labute approximate surface area is 122 Å². The van der Waals surface area contributed by atoms with Crippen LogP contribution in [0.2, 0.25) is 5.02 Å². The zero-order chi connectivity index (χ0) is 13.8. The summed E-state index contributed by atoms with van der Waals surface area (Å²) in [5.74, 6) is 0. The van der Waals surface area contributed by atoms with Gasteiger partial charge in [-0.15, -0.1) is 0 Å². The van der Waals surface area contributed by atoms with Crippen molar-refractivity contribution in [3.8, 4) is 5.69 Å². The van der Waals surface area contributed by atoms with Crippen LogP contribution >= 0.6 is 11.6 Å². The van der Waals surface area contributed by atoms with Crippen molar-refractivity contribution in [2.24, 2.45) is 0 Å². The molecule has 0 aliphatic carbocycles. The van der Waals surface area contributed by atoms with Crippen LogP contribution in [-0.4, -0.2) is 14.8 Å². The van der Waals surface area contributed by atoms with Gasteiger partial charge < -0.3 is 5.32 Å². The molecular formula is C15H13ClN4. The number of nitrogens with zero attached hydrogens (tertiary/aromatic N) is 3. The second-order valence-corrected chi connectivity index (χ2v) is 4.72. The lowest BCUT2D eigenvalue weighted by Gasteiger charge is -2.12. The molecule has 2 heterocycles. The van der Waals surface area contributed by atoms with Crippen molar-refractivity contribution in [1.29, 1.82) is 0 Å². The highest BCUT2D eigenvalue weighted by Crippen LogP contribution is 2.24. The summed E-state index contributed by atoms with van der Waals surface area (Å²) in [6.07, 6.45) is 5.43. The molecule has 20 heavy (non-hydrogen) atoms. The summed E-state index contributed by atoms with van der Waals surface area (Å²) in [7, 11) is 0. The molecule has 3 rings (SSSR count). The van der Waals surface area contributed by atoms with Crippen LogP contribution in [0, 0.1) is 0 Å². The smallest absolute Gasteiger partial charge is 0.0877 e. The van der Waals surface area contributed by atoms with Crippen LogP contribution in [0.3, 0.4) is 0 Å². The number of rotatable bonds is 4. The number of hydrogen-bond donors (Lipinski definition) is 1. The molecule has 100 valence electrons. The third kappa shape index (κ3) is 2.81. The lowest BCUT2D eigenvalue weighted by atomic mass is 10.2. The van der Waals surface area contributed by atoms with Crippen molar-refractivity contribution in [1.82, 2.24) is 14.8 Å². The van der Waals surface area contributed by atoms with Crippen molar-refractivity contribution < 1.29 is 0 Å². The lowest BCUT2D eigenvalue weighted by molar-refractivity contribution is 0.878. The number of benzene rings is 1. The van der Waals surface area contributed by atoms with Gasteiger partial charge in [-0.25, -0.2) is 4.68 Å². The molecule has 0 atom stereocenters. The number of pyridine rings is 1. The zero-order valence-corrected chi connectivity index (χ0v) is 11.5. The highest BCUT2D eigenvalue weighted by atomic mass is 35.5. The number of aromatic nitrogens is 3. The van der Waals surface area contributed by atoms with Crippen LogP contribution in [0.4, 0.5) is 5.69 Å². The molecule has 1 aromatic carbocycles. The van der Waals surface area contributed by atoms with Crippen LogP contribution in [0.15, 0.2) is 61.1 Å². The maximum atomic E-state index is 6.07. The second kappa shape index (κ2) is 5.75. The van der Waals surface area contributed by atoms with Crippen LogP contribution in [0.25, 0.3) is 5.69 Å². The highest BCUT2D eigenvalue weighted by Gasteiger charge is 2.06. The Hall–Kier alpha value is -2.33. The third-order valence-corrected chi connectivity index (χ3v) is 3.13. The van der Waals surface area contributed by atoms with Gasteiger partial charge in [-0.05, 0) is 36.4 Å². The molecule has 0 unspecified atom stereocenters. The number of anilines is 1. The Morgan fingerprint density at radius 3 is 2.80 bits per heavy atom. The van der Waals surface area contributed by atoms with Crippen LogP contribution in [0.1, 0.15) is 5.69 Å². The second-order valence-electron chi connectivity index (χ2n) is 4.29. The normalized spacial score (nSPS) is 10.4. The predicted octanol–water partition coefficient (Wildman–Crippen LogP) is 3.53. The van der Waals surface area contributed by atoms with E-state index < -0.39 is 0 Å². The fourth-order valence-corrected chi connectivity index (χ4v) is 2.12. The molecule has 0 amide bonds. The van der Waals surface area contributed by atoms with Gasteiger partial charge in [0.25, 0.3) is 0 Å². The van der Waals surface area contributed by atoms with Crippen LogP contribution in [-0.2, 0) is 6.54 Å². The molecular weight excluding hydrogens is 272 g/mol. The standard InChI is InChI=1S/C15H13ClN4/c16-12-5-6-15(20-9-3-8-19-20)14(10-12)18-11-13-4-1-2-7-17-13/h1-10,18H,11H2. The summed E-state index contributed by atoms with van der Waals surface area (Å²) in [5, 5.41) is 8.29. The maximum Gasteiger partial charge on any atom is 0.0877 e. The van der Waals surface area contributed by atoms with Crippen molar-refractivity contribution in [2.45, 2.75) is 6.54 Å². The largest absolute Gasteiger partial charge is 0.378 e. The quantitative estimate of drug-likeness (QED) is 0.797. The Morgan fingerprint density at radius 1 is 1.10 bits per heavy atom. The zero-order valence-electron chi connectivity index (χ0n) is 10.7. The molecule has 5 heteroatoms. The van der Waals surface area contributed by atoms with Crippen molar-refractivity contribution in [3.05, 3.63) is 71.8 Å². The molecule has 3 aromatic rings. The van der Waals surface area contributed by atoms with Gasteiger partial charge in [-0.3, -0.25) is 4.98 Å². The highest BCUT2D eigenvalue weighted by molar-refractivity contribution is 6.31. The topological polar surface area (TPSA) is 42.7 Å². The summed E-state index contributed by atoms with van der Waals surface area (Å²) in [6.45, 7) is 0.634. The molecule has 2 aromatic heterocycles. The Kier molecular flexibility index (Phi) is 3.65. The molecule has 1 N–H and O–H groups in total. The van der Waals surface area contributed by atoms with E-state index in [9.17, 15) is 0 Å². The maximum absolute atomic E-state index is 6.07. The summed E-state index contributed by atoms with van der Waals surface area (Å²) in [4.78, 5) is 4.29. The Morgan fingerprint density at radius 2 is 2.05 bits per heavy atom. The van der Waals surface area contributed by atoms with Crippen LogP contribution < -0.4 is 5.32 Å². The summed E-state index contributed by atoms with van der Waals surface area (Å²) in [6, 6.07) is 13.4. The van der Waals surface area contributed by atoms with Gasteiger partial charge in [0.15, 0.2) is 0 Å². The van der Waals surface area contributed by atoms with Gasteiger partial charge in [0.1, 0.15) is 0 Å². The van der Waals surface area contributed by atoms with Crippen molar-refractivity contribution in [2.75, 3.05) is 5.32 Å². The average Bonchev–Trinajstić information content (AvgIpc) is 3.00. The van der Waals surface area contributed by atoms with Crippen LogP contribution in [0.5, 0.6) is 0 Å². The van der Waals surface area contributed by atoms with Gasteiger partial charge >= 0.3 is 0 Å². The number of hydrogen-bond acceptors (Lipinski definition) is 3. The molecule has 0 radical (unpaired) electrons. The van der Waals surface area contributed by atoms with E-state index in [4.69, 9.17) is 11.6 Å². The Balaban J connectivity index is 1.87. The minimum absolute atomic E-state index is 0.634. The van der Waals surface area contributed by atoms with Gasteiger partial charge in [0, 0.05) is 23.6 Å². The molecule has 0 saturated heterocycles. The SMILES string of the molecule is Clc1ccc(-n2cccn2)c(NCc2ccccn2)c1. The number of halogens is 1. The minimum Gasteiger partial charge on any atom is -0.378 e. The summed E-state index contributed by atoms with van der Waals surface area (Å²) in [5.41, 5.74) is 2.85. The average molecular weight is 285 g/mol. The third-order valence-electron chi connectivity index (χ3n) is 2.90. The number of nitrogens with one attached hydrogen (secondary N) is 1. The van der Waals surface area contributed by atoms with Gasteiger partial charge in [-0.1, -0.05) is 17.7 Å². The summed E-state index contributed by atoms with van der Waals surface area (Å²) < 4.78 is 1.80. The molecule has 4 nitrogen and oxygen atoms in total. The fraction of sp³-hybridized carbons (Fsp3) is 0.0667. The van der Waals surface area contributed by atoms with Gasteiger partial charge in [0.2, 0.25) is 0 Å². The fourth-order valence-electron chi connectivity index (χ4n) is 1.95. The van der Waals surface area contributed by atoms with E-state index in [0.717, 1.165) is 17.1 Å². The van der Waals surface area contributed by atoms with E-state index >= 15 is 0 Å². The van der Waals surface area contributed by atoms with E-state index in [1.165, 1.54) is 0 Å². The molecule has 0 fully saturated rings. The van der Waals surface area contributed by atoms with Crippen molar-refractivity contribution in [3.63, 3.8) is 0 Å². The van der Waals surface area contributed by atoms with Crippen molar-refractivity contribution >= 4 is 17.3 Å². The first kappa shape index (κ1) is 12.7. The first-order chi connectivity index (χ1) is 9.83. The monoisotopic (exact) mass is 284 g/mol. The van der Waals surface area contributed by atoms with E-state index in [2.05, 4.69) is 15.4 Å². The molecule has 0 aliphatic rings. The first-order valence-corrected chi connectivity index (χ1v) is 6.64. The molecule has 0 saturated carbocycles. The van der Waals surface area contributed by atoms with E-state index in [1.54, 1.807) is 17.1 Å². The molecule has 0 aliphatic heterocycles. The molecule has 0 spiro atoms. The lowest BCUT2D eigenvalue weighted by Crippen LogP contribution is -2.05. The van der Waals surface area contributed by atoms with E-state index in [0.29, 0.717) is 11.6 Å². The van der Waals surface area contributed by atoms with E-state index in [-0.39, 0.29) is 0 Å². The molecule has 0 bridgehead atoms. The van der Waals surface area contributed by atoms with Gasteiger partial charge in [0.05, 0.1) is 23.6 Å². The van der Waals surface area contributed by atoms with E-state index in [1.807, 2.05) is 48.7 Å².